The van der Waals surface area contributed by atoms with Crippen molar-refractivity contribution in [3.8, 4) is 0 Å². The summed E-state index contributed by atoms with van der Waals surface area (Å²) in [6.45, 7) is 2.03. The van der Waals surface area contributed by atoms with Crippen molar-refractivity contribution in [1.82, 2.24) is 0 Å². The number of hydrogen-bond acceptors (Lipinski definition) is 4. The molecule has 6 heteroatoms. The molecular weight excluding hydrogens is 296 g/mol. The first-order valence-corrected chi connectivity index (χ1v) is 7.55. The standard InChI is InChI=1S/C14H15ClN2O2S/c1-10(14-4-3-7-20-14)16(2)12-6-5-11(9-15)8-13(12)17(18)19/h3-8,10H,9H2,1-2H3. The van der Waals surface area contributed by atoms with Gasteiger partial charge in [0, 0.05) is 23.9 Å². The summed E-state index contributed by atoms with van der Waals surface area (Å²) >= 11 is 7.39. The molecule has 106 valence electrons. The molecule has 0 radical (unpaired) electrons. The second-order valence-corrected chi connectivity index (χ2v) is 5.76. The maximum Gasteiger partial charge on any atom is 0.292 e. The van der Waals surface area contributed by atoms with Gasteiger partial charge in [-0.25, -0.2) is 0 Å². The molecule has 4 nitrogen and oxygen atoms in total. The van der Waals surface area contributed by atoms with E-state index in [2.05, 4.69) is 0 Å². The van der Waals surface area contributed by atoms with E-state index in [0.717, 1.165) is 5.56 Å². The Kier molecular flexibility index (Phi) is 4.62. The molecule has 1 heterocycles. The van der Waals surface area contributed by atoms with Gasteiger partial charge in [0.05, 0.1) is 11.0 Å². The largest absolute Gasteiger partial charge is 0.361 e. The van der Waals surface area contributed by atoms with Crippen LogP contribution in [0.1, 0.15) is 23.4 Å². The predicted molar refractivity (Wildman–Crippen MR) is 83.8 cm³/mol. The molecule has 0 amide bonds. The van der Waals surface area contributed by atoms with E-state index in [1.165, 1.54) is 4.88 Å². The molecule has 20 heavy (non-hydrogen) atoms. The highest BCUT2D eigenvalue weighted by atomic mass is 35.5. The number of hydrogen-bond donors (Lipinski definition) is 0. The highest BCUT2D eigenvalue weighted by Crippen LogP contribution is 2.35. The number of nitro benzene ring substituents is 1. The van der Waals surface area contributed by atoms with Crippen molar-refractivity contribution in [3.05, 3.63) is 56.3 Å². The maximum atomic E-state index is 11.2. The minimum atomic E-state index is -0.358. The lowest BCUT2D eigenvalue weighted by Gasteiger charge is -2.26. The van der Waals surface area contributed by atoms with E-state index < -0.39 is 0 Å². The van der Waals surface area contributed by atoms with Gasteiger partial charge in [0.1, 0.15) is 5.69 Å². The zero-order valence-corrected chi connectivity index (χ0v) is 12.8. The number of nitrogens with zero attached hydrogens (tertiary/aromatic N) is 2. The first kappa shape index (κ1) is 14.8. The van der Waals surface area contributed by atoms with E-state index in [1.807, 2.05) is 42.5 Å². The summed E-state index contributed by atoms with van der Waals surface area (Å²) in [6, 6.07) is 9.23. The van der Waals surface area contributed by atoms with E-state index in [1.54, 1.807) is 23.5 Å². The Morgan fingerprint density at radius 1 is 1.45 bits per heavy atom. The van der Waals surface area contributed by atoms with Crippen LogP contribution in [-0.2, 0) is 5.88 Å². The van der Waals surface area contributed by atoms with Crippen molar-refractivity contribution >= 4 is 34.3 Å². The van der Waals surface area contributed by atoms with Crippen molar-refractivity contribution in [1.29, 1.82) is 0 Å². The van der Waals surface area contributed by atoms with Crippen LogP contribution < -0.4 is 4.90 Å². The van der Waals surface area contributed by atoms with E-state index in [-0.39, 0.29) is 22.5 Å². The predicted octanol–water partition coefficient (Wildman–Crippen LogP) is 4.59. The zero-order chi connectivity index (χ0) is 14.7. The first-order valence-electron chi connectivity index (χ1n) is 6.14. The van der Waals surface area contributed by atoms with Crippen LogP contribution >= 0.6 is 22.9 Å². The third kappa shape index (κ3) is 2.94. The fraction of sp³-hybridized carbons (Fsp3) is 0.286. The molecule has 0 aliphatic carbocycles. The Bertz CT molecular complexity index is 601. The van der Waals surface area contributed by atoms with Crippen molar-refractivity contribution in [3.63, 3.8) is 0 Å². The summed E-state index contributed by atoms with van der Waals surface area (Å²) < 4.78 is 0. The Hall–Kier alpha value is -1.59. The first-order chi connectivity index (χ1) is 9.54. The van der Waals surface area contributed by atoms with Crippen LogP contribution in [0.2, 0.25) is 0 Å². The van der Waals surface area contributed by atoms with E-state index >= 15 is 0 Å². The van der Waals surface area contributed by atoms with Crippen LogP contribution in [0.5, 0.6) is 0 Å². The number of nitro groups is 1. The SMILES string of the molecule is CC(c1cccs1)N(C)c1ccc(CCl)cc1[N+](=O)[O-]. The lowest BCUT2D eigenvalue weighted by atomic mass is 10.1. The normalized spacial score (nSPS) is 12.2. The lowest BCUT2D eigenvalue weighted by Crippen LogP contribution is -2.21. The fourth-order valence-electron chi connectivity index (χ4n) is 2.03. The number of rotatable bonds is 5. The molecule has 0 fully saturated rings. The van der Waals surface area contributed by atoms with E-state index in [9.17, 15) is 10.1 Å². The van der Waals surface area contributed by atoms with Crippen LogP contribution in [0.3, 0.4) is 0 Å². The maximum absolute atomic E-state index is 11.2. The van der Waals surface area contributed by atoms with Gasteiger partial charge in [-0.15, -0.1) is 22.9 Å². The highest BCUT2D eigenvalue weighted by molar-refractivity contribution is 7.10. The molecule has 0 aliphatic heterocycles. The quantitative estimate of drug-likeness (QED) is 0.461. The monoisotopic (exact) mass is 310 g/mol. The average molecular weight is 311 g/mol. The average Bonchev–Trinajstić information content (AvgIpc) is 2.99. The van der Waals surface area contributed by atoms with Crippen LogP contribution in [0.25, 0.3) is 0 Å². The fourth-order valence-corrected chi connectivity index (χ4v) is 3.02. The Morgan fingerprint density at radius 2 is 2.20 bits per heavy atom. The van der Waals surface area contributed by atoms with E-state index in [0.29, 0.717) is 5.69 Å². The molecule has 1 aromatic carbocycles. The third-order valence-corrected chi connectivity index (χ3v) is 4.66. The Morgan fingerprint density at radius 3 is 2.75 bits per heavy atom. The van der Waals surface area contributed by atoms with Crippen molar-refractivity contribution in [2.45, 2.75) is 18.8 Å². The summed E-state index contributed by atoms with van der Waals surface area (Å²) in [6.07, 6.45) is 0. The summed E-state index contributed by atoms with van der Waals surface area (Å²) in [5.74, 6) is 0.269. The van der Waals surface area contributed by atoms with Crippen LogP contribution in [-0.4, -0.2) is 12.0 Å². The number of halogens is 1. The van der Waals surface area contributed by atoms with Gasteiger partial charge in [-0.3, -0.25) is 10.1 Å². The molecule has 1 unspecified atom stereocenters. The van der Waals surface area contributed by atoms with Crippen LogP contribution in [0.4, 0.5) is 11.4 Å². The Balaban J connectivity index is 2.38. The molecule has 1 atom stereocenters. The van der Waals surface area contributed by atoms with Gasteiger partial charge in [0.2, 0.25) is 0 Å². The molecule has 0 saturated heterocycles. The molecule has 2 aromatic rings. The molecule has 0 bridgehead atoms. The molecule has 0 saturated carbocycles. The molecule has 1 aromatic heterocycles. The van der Waals surface area contributed by atoms with Gasteiger partial charge in [0.15, 0.2) is 0 Å². The molecular formula is C14H15ClN2O2S. The smallest absolute Gasteiger partial charge is 0.292 e. The molecule has 2 rings (SSSR count). The lowest BCUT2D eigenvalue weighted by molar-refractivity contribution is -0.384. The topological polar surface area (TPSA) is 46.4 Å². The van der Waals surface area contributed by atoms with Gasteiger partial charge in [-0.2, -0.15) is 0 Å². The highest BCUT2D eigenvalue weighted by Gasteiger charge is 2.22. The summed E-state index contributed by atoms with van der Waals surface area (Å²) in [5, 5.41) is 13.2. The summed E-state index contributed by atoms with van der Waals surface area (Å²) in [7, 11) is 1.87. The van der Waals surface area contributed by atoms with Crippen molar-refractivity contribution in [2.75, 3.05) is 11.9 Å². The molecule has 0 spiro atoms. The second kappa shape index (κ2) is 6.24. The third-order valence-electron chi connectivity index (χ3n) is 3.31. The summed E-state index contributed by atoms with van der Waals surface area (Å²) in [5.41, 5.74) is 1.44. The number of anilines is 1. The van der Waals surface area contributed by atoms with Crippen LogP contribution in [0, 0.1) is 10.1 Å². The number of benzene rings is 1. The number of thiophene rings is 1. The second-order valence-electron chi connectivity index (χ2n) is 4.52. The zero-order valence-electron chi connectivity index (χ0n) is 11.2. The van der Waals surface area contributed by atoms with Gasteiger partial charge < -0.3 is 4.90 Å². The van der Waals surface area contributed by atoms with Crippen molar-refractivity contribution in [2.24, 2.45) is 0 Å². The van der Waals surface area contributed by atoms with Crippen LogP contribution in [0.15, 0.2) is 35.7 Å². The van der Waals surface area contributed by atoms with E-state index in [4.69, 9.17) is 11.6 Å². The molecule has 0 aliphatic rings. The minimum Gasteiger partial charge on any atom is -0.361 e. The van der Waals surface area contributed by atoms with Gasteiger partial charge in [0.25, 0.3) is 5.69 Å². The van der Waals surface area contributed by atoms with Gasteiger partial charge in [-0.05, 0) is 30.0 Å². The minimum absolute atomic E-state index is 0.0792. The Labute approximate surface area is 126 Å². The van der Waals surface area contributed by atoms with Gasteiger partial charge >= 0.3 is 0 Å². The van der Waals surface area contributed by atoms with Crippen molar-refractivity contribution < 1.29 is 4.92 Å². The summed E-state index contributed by atoms with van der Waals surface area (Å²) in [4.78, 5) is 14.0. The number of alkyl halides is 1. The molecule has 0 N–H and O–H groups in total. The van der Waals surface area contributed by atoms with Gasteiger partial charge in [-0.1, -0.05) is 12.1 Å².